The summed E-state index contributed by atoms with van der Waals surface area (Å²) in [5.41, 5.74) is 10.6. The molecule has 1 aromatic carbocycles. The van der Waals surface area contributed by atoms with Crippen molar-refractivity contribution in [1.29, 1.82) is 0 Å². The van der Waals surface area contributed by atoms with Gasteiger partial charge in [-0.25, -0.2) is 9.78 Å². The summed E-state index contributed by atoms with van der Waals surface area (Å²) in [6.45, 7) is 1.89. The van der Waals surface area contributed by atoms with Crippen LogP contribution in [-0.4, -0.2) is 36.7 Å². The Labute approximate surface area is 157 Å². The zero-order valence-corrected chi connectivity index (χ0v) is 15.5. The largest absolute Gasteiger partial charge is 0.449 e. The van der Waals surface area contributed by atoms with Crippen LogP contribution in [0.2, 0.25) is 0 Å². The molecule has 0 aliphatic rings. The fourth-order valence-electron chi connectivity index (χ4n) is 2.28. The number of nitrogen functional groups attached to an aromatic ring is 1. The van der Waals surface area contributed by atoms with Gasteiger partial charge in [0.05, 0.1) is 18.1 Å². The lowest BCUT2D eigenvalue weighted by atomic mass is 10.2. The van der Waals surface area contributed by atoms with Crippen LogP contribution in [0.1, 0.15) is 12.5 Å². The van der Waals surface area contributed by atoms with Crippen LogP contribution in [0.4, 0.5) is 27.8 Å². The van der Waals surface area contributed by atoms with Crippen molar-refractivity contribution in [3.63, 3.8) is 0 Å². The molecule has 1 heterocycles. The molecule has 0 saturated carbocycles. The van der Waals surface area contributed by atoms with Crippen LogP contribution in [0.3, 0.4) is 0 Å². The monoisotopic (exact) mass is 376 g/mol. The number of hydrogen-bond acceptors (Lipinski definition) is 8. The van der Waals surface area contributed by atoms with E-state index in [4.69, 9.17) is 10.5 Å². The average Bonchev–Trinajstić information content (AvgIpc) is 2.67. The Hall–Kier alpha value is -3.40. The predicted octanol–water partition coefficient (Wildman–Crippen LogP) is 2.35. The first kappa shape index (κ1) is 21.6. The zero-order chi connectivity index (χ0) is 20.4. The molecule has 0 bridgehead atoms. The number of anilines is 3. The number of amides is 1. The van der Waals surface area contributed by atoms with Gasteiger partial charge in [0.2, 0.25) is 5.82 Å². The molecule has 0 aliphatic carbocycles. The van der Waals surface area contributed by atoms with Gasteiger partial charge in [-0.15, -0.1) is 0 Å². The van der Waals surface area contributed by atoms with Crippen LogP contribution >= 0.6 is 0 Å². The fourth-order valence-corrected chi connectivity index (χ4v) is 2.28. The quantitative estimate of drug-likeness (QED) is 0.513. The van der Waals surface area contributed by atoms with E-state index < -0.39 is 16.7 Å². The van der Waals surface area contributed by atoms with E-state index in [-0.39, 0.29) is 24.7 Å². The molecule has 0 atom stereocenters. The second-order valence-electron chi connectivity index (χ2n) is 5.04. The van der Waals surface area contributed by atoms with E-state index in [0.717, 1.165) is 5.56 Å². The molecule has 0 unspecified atom stereocenters. The average molecular weight is 376 g/mol. The summed E-state index contributed by atoms with van der Waals surface area (Å²) in [6, 6.07) is 10.5. The number of benzene rings is 1. The molecule has 1 aromatic heterocycles. The van der Waals surface area contributed by atoms with Crippen LogP contribution in [0.5, 0.6) is 0 Å². The van der Waals surface area contributed by atoms with Crippen LogP contribution < -0.4 is 21.7 Å². The Morgan fingerprint density at radius 3 is 2.48 bits per heavy atom. The zero-order valence-electron chi connectivity index (χ0n) is 15.5. The van der Waals surface area contributed by atoms with Crippen molar-refractivity contribution in [2.75, 3.05) is 36.7 Å². The standard InChI is InChI=1S/C16H19N5O4.CH5N/c1-3-25-16(22)20(10-11-7-5-4-6-8-11)12-9-13(18-2)19-15(17)14(12)21(23)24;1-2/h4-9H,3,10H2,1-2H3,(H3,17,18,19);2H2,1H3. The Morgan fingerprint density at radius 2 is 1.96 bits per heavy atom. The van der Waals surface area contributed by atoms with E-state index in [1.165, 1.54) is 18.0 Å². The summed E-state index contributed by atoms with van der Waals surface area (Å²) >= 11 is 0. The van der Waals surface area contributed by atoms with E-state index in [0.29, 0.717) is 5.82 Å². The van der Waals surface area contributed by atoms with Crippen molar-refractivity contribution < 1.29 is 14.5 Å². The van der Waals surface area contributed by atoms with E-state index >= 15 is 0 Å². The highest BCUT2D eigenvalue weighted by Crippen LogP contribution is 2.36. The molecular formula is C17H24N6O4. The minimum Gasteiger partial charge on any atom is -0.449 e. The number of carbonyl (C=O) groups excluding carboxylic acids is 1. The molecule has 10 heteroatoms. The Kier molecular flexibility index (Phi) is 8.46. The molecule has 2 rings (SSSR count). The van der Waals surface area contributed by atoms with Gasteiger partial charge in [0.1, 0.15) is 11.5 Å². The molecule has 1 amide bonds. The van der Waals surface area contributed by atoms with Gasteiger partial charge in [-0.3, -0.25) is 15.0 Å². The molecule has 0 radical (unpaired) electrons. The van der Waals surface area contributed by atoms with Gasteiger partial charge in [0.25, 0.3) is 0 Å². The number of nitrogens with zero attached hydrogens (tertiary/aromatic N) is 3. The fraction of sp³-hybridized carbons (Fsp3) is 0.294. The normalized spacial score (nSPS) is 9.63. The maximum atomic E-state index is 12.4. The van der Waals surface area contributed by atoms with Crippen molar-refractivity contribution in [2.24, 2.45) is 5.73 Å². The number of nitrogens with two attached hydrogens (primary N) is 2. The molecule has 146 valence electrons. The molecule has 0 aliphatic heterocycles. The number of aromatic nitrogens is 1. The first-order valence-electron chi connectivity index (χ1n) is 8.16. The van der Waals surface area contributed by atoms with Crippen LogP contribution in [0, 0.1) is 10.1 Å². The molecule has 0 spiro atoms. The highest BCUT2D eigenvalue weighted by Gasteiger charge is 2.30. The summed E-state index contributed by atoms with van der Waals surface area (Å²) in [7, 11) is 3.10. The number of nitrogens with one attached hydrogen (secondary N) is 1. The number of carbonyl (C=O) groups is 1. The smallest absolute Gasteiger partial charge is 0.414 e. The lowest BCUT2D eigenvalue weighted by molar-refractivity contribution is -0.383. The minimum absolute atomic E-state index is 0.0177. The lowest BCUT2D eigenvalue weighted by Crippen LogP contribution is -2.32. The van der Waals surface area contributed by atoms with Crippen LogP contribution in [0.25, 0.3) is 0 Å². The summed E-state index contributed by atoms with van der Waals surface area (Å²) < 4.78 is 5.06. The third-order valence-electron chi connectivity index (χ3n) is 3.40. The van der Waals surface area contributed by atoms with Gasteiger partial charge in [0, 0.05) is 13.1 Å². The number of pyridine rings is 1. The number of rotatable bonds is 6. The van der Waals surface area contributed by atoms with Gasteiger partial charge >= 0.3 is 11.8 Å². The van der Waals surface area contributed by atoms with Crippen LogP contribution in [0.15, 0.2) is 36.4 Å². The SMILES string of the molecule is CCOC(=O)N(Cc1ccccc1)c1cc(NC)nc(N)c1[N+](=O)[O-].CN. The van der Waals surface area contributed by atoms with E-state index in [9.17, 15) is 14.9 Å². The topological polar surface area (TPSA) is 150 Å². The van der Waals surface area contributed by atoms with Gasteiger partial charge in [-0.05, 0) is 19.5 Å². The Balaban J connectivity index is 0.00000176. The summed E-state index contributed by atoms with van der Waals surface area (Å²) in [4.78, 5) is 28.3. The minimum atomic E-state index is -0.706. The highest BCUT2D eigenvalue weighted by atomic mass is 16.6. The molecular weight excluding hydrogens is 352 g/mol. The highest BCUT2D eigenvalue weighted by molar-refractivity contribution is 5.93. The van der Waals surface area contributed by atoms with Crippen LogP contribution in [-0.2, 0) is 11.3 Å². The van der Waals surface area contributed by atoms with Crippen molar-refractivity contribution in [1.82, 2.24) is 4.98 Å². The third-order valence-corrected chi connectivity index (χ3v) is 3.40. The first-order chi connectivity index (χ1) is 13.0. The van der Waals surface area contributed by atoms with E-state index in [1.54, 1.807) is 14.0 Å². The van der Waals surface area contributed by atoms with Gasteiger partial charge in [0.15, 0.2) is 0 Å². The van der Waals surface area contributed by atoms with Crippen molar-refractivity contribution in [3.8, 4) is 0 Å². The molecule has 2 aromatic rings. The second-order valence-corrected chi connectivity index (χ2v) is 5.04. The Bertz CT molecular complexity index is 770. The summed E-state index contributed by atoms with van der Waals surface area (Å²) in [5, 5.41) is 14.2. The maximum absolute atomic E-state index is 12.4. The van der Waals surface area contributed by atoms with Gasteiger partial charge in [-0.2, -0.15) is 0 Å². The van der Waals surface area contributed by atoms with Crippen molar-refractivity contribution in [3.05, 3.63) is 52.1 Å². The lowest BCUT2D eigenvalue weighted by Gasteiger charge is -2.22. The molecule has 10 nitrogen and oxygen atoms in total. The maximum Gasteiger partial charge on any atom is 0.414 e. The predicted molar refractivity (Wildman–Crippen MR) is 105 cm³/mol. The molecule has 5 N–H and O–H groups in total. The molecule has 0 fully saturated rings. The van der Waals surface area contributed by atoms with Crippen molar-refractivity contribution in [2.45, 2.75) is 13.5 Å². The third kappa shape index (κ3) is 5.54. The summed E-state index contributed by atoms with van der Waals surface area (Å²) in [5.74, 6) is 0.0228. The first-order valence-corrected chi connectivity index (χ1v) is 8.16. The second kappa shape index (κ2) is 10.6. The molecule has 0 saturated heterocycles. The van der Waals surface area contributed by atoms with Gasteiger partial charge in [-0.1, -0.05) is 30.3 Å². The number of ether oxygens (including phenoxy) is 1. The Morgan fingerprint density at radius 1 is 1.33 bits per heavy atom. The number of nitro groups is 1. The van der Waals surface area contributed by atoms with E-state index in [1.807, 2.05) is 30.3 Å². The molecule has 27 heavy (non-hydrogen) atoms. The van der Waals surface area contributed by atoms with E-state index in [2.05, 4.69) is 16.0 Å². The summed E-state index contributed by atoms with van der Waals surface area (Å²) in [6.07, 6.45) is -0.706. The number of hydrogen-bond donors (Lipinski definition) is 3. The van der Waals surface area contributed by atoms with Crippen molar-refractivity contribution >= 4 is 29.1 Å². The van der Waals surface area contributed by atoms with Gasteiger partial charge < -0.3 is 21.5 Å².